The maximum absolute atomic E-state index is 13.1. The van der Waals surface area contributed by atoms with Crippen molar-refractivity contribution in [3.8, 4) is 28.8 Å². The predicted octanol–water partition coefficient (Wildman–Crippen LogP) is 5.56. The summed E-state index contributed by atoms with van der Waals surface area (Å²) in [7, 11) is 2.87. The Morgan fingerprint density at radius 1 is 1.08 bits per heavy atom. The molecule has 0 saturated carbocycles. The van der Waals surface area contributed by atoms with Crippen LogP contribution in [0.5, 0.6) is 5.75 Å². The maximum Gasteiger partial charge on any atom is 0.341 e. The van der Waals surface area contributed by atoms with Gasteiger partial charge < -0.3 is 14.8 Å². The highest BCUT2D eigenvalue weighted by molar-refractivity contribution is 7.16. The van der Waals surface area contributed by atoms with Crippen LogP contribution in [0.25, 0.3) is 23.0 Å². The highest BCUT2D eigenvalue weighted by Crippen LogP contribution is 2.33. The molecular weight excluding hydrogens is 488 g/mol. The van der Waals surface area contributed by atoms with Crippen molar-refractivity contribution in [3.05, 3.63) is 87.9 Å². The fourth-order valence-electron chi connectivity index (χ4n) is 3.72. The van der Waals surface area contributed by atoms with Crippen LogP contribution < -0.4 is 10.1 Å². The summed E-state index contributed by atoms with van der Waals surface area (Å²) in [6.45, 7) is 3.64. The summed E-state index contributed by atoms with van der Waals surface area (Å²) in [5.41, 5.74) is 3.65. The second-order valence-electron chi connectivity index (χ2n) is 8.04. The van der Waals surface area contributed by atoms with Crippen molar-refractivity contribution >= 4 is 34.3 Å². The average Bonchev–Trinajstić information content (AvgIpc) is 3.47. The summed E-state index contributed by atoms with van der Waals surface area (Å²) in [5, 5.41) is 17.6. The second-order valence-corrected chi connectivity index (χ2v) is 9.27. The fraction of sp³-hybridized carbons (Fsp3) is 0.143. The molecule has 0 spiro atoms. The SMILES string of the molecule is COC(=O)c1c(NC(=O)C(C#N)=Cc2cn(-c3ccccc3)nc2-c2ccc(OC)cc2)sc(C)c1C. The summed E-state index contributed by atoms with van der Waals surface area (Å²) < 4.78 is 11.8. The van der Waals surface area contributed by atoms with E-state index in [9.17, 15) is 14.9 Å². The van der Waals surface area contributed by atoms with Crippen LogP contribution in [0.1, 0.15) is 26.4 Å². The molecule has 37 heavy (non-hydrogen) atoms. The Hall–Kier alpha value is -4.68. The number of rotatable bonds is 7. The van der Waals surface area contributed by atoms with Gasteiger partial charge in [-0.1, -0.05) is 18.2 Å². The molecule has 8 nitrogen and oxygen atoms in total. The number of hydrogen-bond donors (Lipinski definition) is 1. The van der Waals surface area contributed by atoms with Gasteiger partial charge in [-0.2, -0.15) is 10.4 Å². The number of aryl methyl sites for hydroxylation is 1. The van der Waals surface area contributed by atoms with Gasteiger partial charge in [0.1, 0.15) is 22.4 Å². The minimum Gasteiger partial charge on any atom is -0.497 e. The number of benzene rings is 2. The molecule has 0 unspecified atom stereocenters. The third-order valence-corrected chi connectivity index (χ3v) is 6.92. The number of ether oxygens (including phenoxy) is 2. The van der Waals surface area contributed by atoms with Gasteiger partial charge in [0.15, 0.2) is 0 Å². The smallest absolute Gasteiger partial charge is 0.341 e. The molecule has 0 atom stereocenters. The van der Waals surface area contributed by atoms with Gasteiger partial charge in [-0.05, 0) is 61.9 Å². The fourth-order valence-corrected chi connectivity index (χ4v) is 4.76. The summed E-state index contributed by atoms with van der Waals surface area (Å²) in [4.78, 5) is 26.3. The van der Waals surface area contributed by atoms with E-state index < -0.39 is 11.9 Å². The van der Waals surface area contributed by atoms with Gasteiger partial charge in [-0.3, -0.25) is 4.79 Å². The first kappa shape index (κ1) is 25.4. The van der Waals surface area contributed by atoms with Crippen molar-refractivity contribution in [2.75, 3.05) is 19.5 Å². The number of esters is 1. The molecule has 4 aromatic rings. The Morgan fingerprint density at radius 3 is 2.41 bits per heavy atom. The van der Waals surface area contributed by atoms with Gasteiger partial charge in [-0.15, -0.1) is 11.3 Å². The van der Waals surface area contributed by atoms with Crippen LogP contribution >= 0.6 is 11.3 Å². The number of thiophene rings is 1. The van der Waals surface area contributed by atoms with Crippen molar-refractivity contribution in [1.82, 2.24) is 9.78 Å². The van der Waals surface area contributed by atoms with Crippen LogP contribution in [-0.2, 0) is 9.53 Å². The van der Waals surface area contributed by atoms with Gasteiger partial charge in [0.2, 0.25) is 0 Å². The van der Waals surface area contributed by atoms with Gasteiger partial charge in [0.25, 0.3) is 5.91 Å². The van der Waals surface area contributed by atoms with Crippen LogP contribution in [0.3, 0.4) is 0 Å². The number of nitrogens with zero attached hydrogens (tertiary/aromatic N) is 3. The Balaban J connectivity index is 1.75. The number of amides is 1. The second kappa shape index (κ2) is 10.9. The Kier molecular flexibility index (Phi) is 7.51. The number of carbonyl (C=O) groups is 2. The maximum atomic E-state index is 13.1. The Bertz CT molecular complexity index is 1530. The van der Waals surface area contributed by atoms with Gasteiger partial charge in [0, 0.05) is 22.2 Å². The molecule has 2 heterocycles. The number of hydrogen-bond acceptors (Lipinski definition) is 7. The quantitative estimate of drug-likeness (QED) is 0.197. The minimum atomic E-state index is -0.637. The zero-order chi connectivity index (χ0) is 26.5. The molecule has 0 bridgehead atoms. The summed E-state index contributed by atoms with van der Waals surface area (Å²) in [6.07, 6.45) is 3.26. The van der Waals surface area contributed by atoms with E-state index in [0.29, 0.717) is 22.0 Å². The van der Waals surface area contributed by atoms with E-state index in [-0.39, 0.29) is 11.1 Å². The molecule has 0 saturated heterocycles. The van der Waals surface area contributed by atoms with Gasteiger partial charge >= 0.3 is 5.97 Å². The third kappa shape index (κ3) is 5.29. The first-order valence-corrected chi connectivity index (χ1v) is 12.1. The molecule has 1 amide bonds. The molecule has 0 fully saturated rings. The number of anilines is 1. The van der Waals surface area contributed by atoms with Crippen molar-refractivity contribution in [2.24, 2.45) is 0 Å². The summed E-state index contributed by atoms with van der Waals surface area (Å²) >= 11 is 1.25. The zero-order valence-corrected chi connectivity index (χ0v) is 21.6. The van der Waals surface area contributed by atoms with Crippen LogP contribution in [-0.4, -0.2) is 35.9 Å². The van der Waals surface area contributed by atoms with Crippen molar-refractivity contribution < 1.29 is 19.1 Å². The molecule has 9 heteroatoms. The number of aromatic nitrogens is 2. The summed E-state index contributed by atoms with van der Waals surface area (Å²) in [5.74, 6) is -0.490. The standard InChI is InChI=1S/C28H24N4O4S/c1-17-18(2)37-27(24(17)28(34)36-4)30-26(33)20(15-29)14-21-16-32(22-8-6-5-7-9-22)31-25(21)19-10-12-23(35-3)13-11-19/h5-14,16H,1-4H3,(H,30,33). The van der Waals surface area contributed by atoms with E-state index in [0.717, 1.165) is 21.7 Å². The minimum absolute atomic E-state index is 0.137. The van der Waals surface area contributed by atoms with E-state index in [1.54, 1.807) is 24.9 Å². The van der Waals surface area contributed by atoms with E-state index in [1.165, 1.54) is 24.5 Å². The number of nitriles is 1. The first-order chi connectivity index (χ1) is 17.9. The molecule has 0 radical (unpaired) electrons. The normalized spacial score (nSPS) is 11.1. The average molecular weight is 513 g/mol. The van der Waals surface area contributed by atoms with E-state index in [2.05, 4.69) is 5.32 Å². The topological polar surface area (TPSA) is 106 Å². The third-order valence-electron chi connectivity index (χ3n) is 5.79. The lowest BCUT2D eigenvalue weighted by atomic mass is 10.1. The van der Waals surface area contributed by atoms with Crippen LogP contribution in [0.4, 0.5) is 5.00 Å². The molecular formula is C28H24N4O4S. The largest absolute Gasteiger partial charge is 0.497 e. The lowest BCUT2D eigenvalue weighted by molar-refractivity contribution is -0.112. The van der Waals surface area contributed by atoms with Crippen LogP contribution in [0.15, 0.2) is 66.4 Å². The van der Waals surface area contributed by atoms with Crippen LogP contribution in [0, 0.1) is 25.2 Å². The lowest BCUT2D eigenvalue weighted by Crippen LogP contribution is -2.15. The molecule has 0 aliphatic carbocycles. The van der Waals surface area contributed by atoms with Crippen LogP contribution in [0.2, 0.25) is 0 Å². The number of para-hydroxylation sites is 1. The predicted molar refractivity (Wildman–Crippen MR) is 143 cm³/mol. The lowest BCUT2D eigenvalue weighted by Gasteiger charge is -2.06. The molecule has 186 valence electrons. The van der Waals surface area contributed by atoms with E-state index in [4.69, 9.17) is 14.6 Å². The van der Waals surface area contributed by atoms with E-state index in [1.807, 2.05) is 67.6 Å². The molecule has 1 N–H and O–H groups in total. The highest BCUT2D eigenvalue weighted by Gasteiger charge is 2.23. The number of methoxy groups -OCH3 is 2. The molecule has 2 aromatic heterocycles. The van der Waals surface area contributed by atoms with Gasteiger partial charge in [-0.25, -0.2) is 9.48 Å². The van der Waals surface area contributed by atoms with Crippen molar-refractivity contribution in [3.63, 3.8) is 0 Å². The highest BCUT2D eigenvalue weighted by atomic mass is 32.1. The number of carbonyl (C=O) groups excluding carboxylic acids is 2. The van der Waals surface area contributed by atoms with Gasteiger partial charge in [0.05, 0.1) is 31.2 Å². The van der Waals surface area contributed by atoms with Crippen molar-refractivity contribution in [1.29, 1.82) is 5.26 Å². The zero-order valence-electron chi connectivity index (χ0n) is 20.7. The Labute approximate surface area is 218 Å². The number of nitrogens with one attached hydrogen (secondary N) is 1. The summed E-state index contributed by atoms with van der Waals surface area (Å²) in [6, 6.07) is 18.9. The Morgan fingerprint density at radius 2 is 1.78 bits per heavy atom. The molecule has 2 aromatic carbocycles. The molecule has 0 aliphatic heterocycles. The molecule has 4 rings (SSSR count). The van der Waals surface area contributed by atoms with E-state index >= 15 is 0 Å². The van der Waals surface area contributed by atoms with Crippen molar-refractivity contribution in [2.45, 2.75) is 13.8 Å². The molecule has 0 aliphatic rings. The first-order valence-electron chi connectivity index (χ1n) is 11.3. The monoisotopic (exact) mass is 512 g/mol.